The highest BCUT2D eigenvalue weighted by Crippen LogP contribution is 1.95. The van der Waals surface area contributed by atoms with Crippen molar-refractivity contribution in [3.63, 3.8) is 0 Å². The number of pyridine rings is 1. The lowest BCUT2D eigenvalue weighted by molar-refractivity contribution is 0.285. The standard InChI is InChI=1S/C15H13NO/c1-2-14-11-9-12-15(16-14)10-7-5-3-4-6-8-13-17/h1,9,11-12,17H,4,6,8,13H2. The predicted molar refractivity (Wildman–Crippen MR) is 67.8 cm³/mol. The first-order chi connectivity index (χ1) is 8.36. The predicted octanol–water partition coefficient (Wildman–Crippen LogP) is 1.58. The Balaban J connectivity index is 2.51. The summed E-state index contributed by atoms with van der Waals surface area (Å²) >= 11 is 0. The number of unbranched alkanes of at least 4 members (excludes halogenated alkanes) is 2. The Morgan fingerprint density at radius 1 is 1.18 bits per heavy atom. The molecule has 1 heterocycles. The maximum atomic E-state index is 8.57. The number of hydrogen-bond acceptors (Lipinski definition) is 2. The lowest BCUT2D eigenvalue weighted by atomic mass is 10.2. The van der Waals surface area contributed by atoms with Gasteiger partial charge in [-0.05, 0) is 42.7 Å². The number of aliphatic hydroxyl groups is 1. The van der Waals surface area contributed by atoms with E-state index < -0.39 is 0 Å². The fourth-order valence-electron chi connectivity index (χ4n) is 1.11. The minimum atomic E-state index is 0.218. The molecule has 84 valence electrons. The van der Waals surface area contributed by atoms with E-state index in [4.69, 9.17) is 11.5 Å². The molecule has 17 heavy (non-hydrogen) atoms. The van der Waals surface area contributed by atoms with E-state index in [2.05, 4.69) is 34.6 Å². The summed E-state index contributed by atoms with van der Waals surface area (Å²) in [4.78, 5) is 4.13. The van der Waals surface area contributed by atoms with Gasteiger partial charge in [-0.1, -0.05) is 17.9 Å². The Morgan fingerprint density at radius 3 is 2.76 bits per heavy atom. The zero-order valence-corrected chi connectivity index (χ0v) is 9.53. The van der Waals surface area contributed by atoms with E-state index in [9.17, 15) is 0 Å². The third-order valence-electron chi connectivity index (χ3n) is 1.95. The molecule has 0 spiro atoms. The summed E-state index contributed by atoms with van der Waals surface area (Å²) < 4.78 is 0. The van der Waals surface area contributed by atoms with Gasteiger partial charge in [-0.2, -0.15) is 0 Å². The van der Waals surface area contributed by atoms with Crippen molar-refractivity contribution < 1.29 is 5.11 Å². The highest BCUT2D eigenvalue weighted by molar-refractivity contribution is 5.38. The van der Waals surface area contributed by atoms with Crippen molar-refractivity contribution >= 4 is 0 Å². The molecule has 0 aliphatic heterocycles. The highest BCUT2D eigenvalue weighted by Gasteiger charge is 1.89. The van der Waals surface area contributed by atoms with Crippen molar-refractivity contribution in [1.29, 1.82) is 0 Å². The van der Waals surface area contributed by atoms with Gasteiger partial charge in [-0.3, -0.25) is 0 Å². The molecule has 2 nitrogen and oxygen atoms in total. The summed E-state index contributed by atoms with van der Waals surface area (Å²) in [5.41, 5.74) is 1.21. The first-order valence-electron chi connectivity index (χ1n) is 5.40. The summed E-state index contributed by atoms with van der Waals surface area (Å²) in [5, 5.41) is 8.57. The molecule has 0 unspecified atom stereocenters. The summed E-state index contributed by atoms with van der Waals surface area (Å²) in [5.74, 6) is 13.7. The van der Waals surface area contributed by atoms with Crippen molar-refractivity contribution in [2.24, 2.45) is 0 Å². The van der Waals surface area contributed by atoms with Crippen LogP contribution in [0.25, 0.3) is 0 Å². The summed E-state index contributed by atoms with van der Waals surface area (Å²) in [7, 11) is 0. The van der Waals surface area contributed by atoms with Crippen LogP contribution in [0.15, 0.2) is 18.2 Å². The molecule has 0 saturated carbocycles. The Bertz CT molecular complexity index is 518. The molecule has 0 radical (unpaired) electrons. The van der Waals surface area contributed by atoms with Crippen LogP contribution in [-0.4, -0.2) is 16.7 Å². The Hall–Kier alpha value is -2.21. The van der Waals surface area contributed by atoms with Gasteiger partial charge in [-0.15, -0.1) is 6.42 Å². The average molecular weight is 223 g/mol. The number of aliphatic hydroxyl groups excluding tert-OH is 1. The quantitative estimate of drug-likeness (QED) is 0.623. The van der Waals surface area contributed by atoms with E-state index in [0.717, 1.165) is 19.3 Å². The smallest absolute Gasteiger partial charge is 0.115 e. The largest absolute Gasteiger partial charge is 0.396 e. The van der Waals surface area contributed by atoms with Crippen molar-refractivity contribution in [2.45, 2.75) is 19.3 Å². The molecule has 0 saturated heterocycles. The third kappa shape index (κ3) is 5.43. The lowest BCUT2D eigenvalue weighted by Gasteiger charge is -1.89. The maximum absolute atomic E-state index is 8.57. The molecular weight excluding hydrogens is 210 g/mol. The molecule has 1 N–H and O–H groups in total. The number of aromatic nitrogens is 1. The van der Waals surface area contributed by atoms with E-state index in [1.165, 1.54) is 0 Å². The first-order valence-corrected chi connectivity index (χ1v) is 5.40. The Labute approximate surface area is 102 Å². The number of hydrogen-bond donors (Lipinski definition) is 1. The van der Waals surface area contributed by atoms with E-state index >= 15 is 0 Å². The molecule has 0 aliphatic carbocycles. The topological polar surface area (TPSA) is 33.1 Å². The minimum Gasteiger partial charge on any atom is -0.396 e. The van der Waals surface area contributed by atoms with Crippen molar-refractivity contribution in [3.05, 3.63) is 29.6 Å². The second-order valence-corrected chi connectivity index (χ2v) is 3.28. The molecule has 0 bridgehead atoms. The van der Waals surface area contributed by atoms with E-state index in [1.807, 2.05) is 6.07 Å². The highest BCUT2D eigenvalue weighted by atomic mass is 16.2. The van der Waals surface area contributed by atoms with Gasteiger partial charge in [0.05, 0.1) is 0 Å². The molecule has 1 aromatic heterocycles. The Morgan fingerprint density at radius 2 is 2.00 bits per heavy atom. The molecule has 1 rings (SSSR count). The third-order valence-corrected chi connectivity index (χ3v) is 1.95. The fraction of sp³-hybridized carbons (Fsp3) is 0.267. The monoisotopic (exact) mass is 223 g/mol. The van der Waals surface area contributed by atoms with Gasteiger partial charge in [0.1, 0.15) is 11.4 Å². The normalized spacial score (nSPS) is 8.24. The maximum Gasteiger partial charge on any atom is 0.115 e. The van der Waals surface area contributed by atoms with Crippen LogP contribution in [0, 0.1) is 36.0 Å². The van der Waals surface area contributed by atoms with Crippen LogP contribution in [0.1, 0.15) is 30.7 Å². The number of terminal acetylenes is 1. The fourth-order valence-corrected chi connectivity index (χ4v) is 1.11. The van der Waals surface area contributed by atoms with Crippen LogP contribution in [0.2, 0.25) is 0 Å². The van der Waals surface area contributed by atoms with Gasteiger partial charge >= 0.3 is 0 Å². The molecule has 2 heteroatoms. The molecular formula is C15H13NO. The minimum absolute atomic E-state index is 0.218. The molecule has 0 aliphatic rings. The van der Waals surface area contributed by atoms with E-state index in [-0.39, 0.29) is 6.61 Å². The summed E-state index contributed by atoms with van der Waals surface area (Å²) in [6.07, 6.45) is 7.67. The van der Waals surface area contributed by atoms with Gasteiger partial charge in [-0.25, -0.2) is 4.98 Å². The zero-order valence-electron chi connectivity index (χ0n) is 9.53. The van der Waals surface area contributed by atoms with Gasteiger partial charge in [0.2, 0.25) is 0 Å². The van der Waals surface area contributed by atoms with Crippen molar-refractivity contribution in [3.8, 4) is 36.0 Å². The van der Waals surface area contributed by atoms with Crippen molar-refractivity contribution in [1.82, 2.24) is 4.98 Å². The van der Waals surface area contributed by atoms with E-state index in [0.29, 0.717) is 11.4 Å². The molecule has 0 fully saturated rings. The van der Waals surface area contributed by atoms with Gasteiger partial charge in [0, 0.05) is 13.0 Å². The van der Waals surface area contributed by atoms with Crippen LogP contribution >= 0.6 is 0 Å². The second kappa shape index (κ2) is 8.00. The molecule has 0 atom stereocenters. The van der Waals surface area contributed by atoms with Gasteiger partial charge in [0.25, 0.3) is 0 Å². The lowest BCUT2D eigenvalue weighted by Crippen LogP contribution is -1.85. The summed E-state index contributed by atoms with van der Waals surface area (Å²) in [6.45, 7) is 0.218. The molecule has 0 amide bonds. The van der Waals surface area contributed by atoms with Crippen LogP contribution in [0.3, 0.4) is 0 Å². The van der Waals surface area contributed by atoms with Crippen molar-refractivity contribution in [2.75, 3.05) is 6.61 Å². The van der Waals surface area contributed by atoms with E-state index in [1.54, 1.807) is 12.1 Å². The first kappa shape index (κ1) is 12.9. The zero-order chi connectivity index (χ0) is 12.3. The number of nitrogens with zero attached hydrogens (tertiary/aromatic N) is 1. The van der Waals surface area contributed by atoms with Crippen LogP contribution in [0.4, 0.5) is 0 Å². The Kier molecular flexibility index (Phi) is 6.05. The summed E-state index contributed by atoms with van der Waals surface area (Å²) in [6, 6.07) is 5.37. The van der Waals surface area contributed by atoms with Crippen LogP contribution < -0.4 is 0 Å². The van der Waals surface area contributed by atoms with Crippen LogP contribution in [0.5, 0.6) is 0 Å². The molecule has 0 aromatic carbocycles. The number of rotatable bonds is 3. The molecule has 1 aromatic rings. The average Bonchev–Trinajstić information content (AvgIpc) is 2.38. The SMILES string of the molecule is C#Cc1cccc(C#CC#CCCCCO)n1. The second-order valence-electron chi connectivity index (χ2n) is 3.28. The van der Waals surface area contributed by atoms with Gasteiger partial charge < -0.3 is 5.11 Å². The van der Waals surface area contributed by atoms with Crippen LogP contribution in [-0.2, 0) is 0 Å². The van der Waals surface area contributed by atoms with Gasteiger partial charge in [0.15, 0.2) is 0 Å².